The van der Waals surface area contributed by atoms with E-state index in [1.165, 1.54) is 10.4 Å². The third-order valence-corrected chi connectivity index (χ3v) is 7.59. The Bertz CT molecular complexity index is 1090. The maximum absolute atomic E-state index is 6.05. The van der Waals surface area contributed by atoms with Crippen molar-refractivity contribution in [3.63, 3.8) is 0 Å². The molecule has 2 aromatic heterocycles. The van der Waals surface area contributed by atoms with Crippen LogP contribution < -0.4 is 10.1 Å². The number of anilines is 1. The average Bonchev–Trinajstić information content (AvgIpc) is 3.21. The first kappa shape index (κ1) is 23.5. The Morgan fingerprint density at radius 3 is 2.71 bits per heavy atom. The molecule has 0 atom stereocenters. The summed E-state index contributed by atoms with van der Waals surface area (Å²) >= 11 is 1.74. The minimum Gasteiger partial charge on any atom is -0.492 e. The Balaban J connectivity index is 1.10. The number of morpholine rings is 1. The molecule has 0 spiro atoms. The van der Waals surface area contributed by atoms with Crippen molar-refractivity contribution >= 4 is 27.4 Å². The third-order valence-electron chi connectivity index (χ3n) is 6.64. The largest absolute Gasteiger partial charge is 0.492 e. The molecule has 5 rings (SSSR count). The standard InChI is InChI=1S/C26H35N5O2S/c1-19-16-24-25(27-20(2)28-26(24)34-19)29-22-6-8-31(9-7-22)18-21-4-3-5-23(17-21)33-15-12-30-10-13-32-14-11-30/h3-5,16-17,22H,6-15,18H2,1-2H3,(H,27,28,29). The van der Waals surface area contributed by atoms with Crippen LogP contribution in [0.3, 0.4) is 0 Å². The Hall–Kier alpha value is -2.26. The number of hydrogen-bond acceptors (Lipinski definition) is 8. The van der Waals surface area contributed by atoms with Gasteiger partial charge in [0.1, 0.15) is 28.8 Å². The number of nitrogens with one attached hydrogen (secondary N) is 1. The van der Waals surface area contributed by atoms with Gasteiger partial charge in [0.05, 0.1) is 18.6 Å². The maximum atomic E-state index is 6.05. The van der Waals surface area contributed by atoms with E-state index >= 15 is 0 Å². The highest BCUT2D eigenvalue weighted by Gasteiger charge is 2.21. The molecule has 7 nitrogen and oxygen atoms in total. The van der Waals surface area contributed by atoms with E-state index in [4.69, 9.17) is 14.5 Å². The van der Waals surface area contributed by atoms with Gasteiger partial charge in [0.25, 0.3) is 0 Å². The van der Waals surface area contributed by atoms with Gasteiger partial charge in [0.2, 0.25) is 0 Å². The lowest BCUT2D eigenvalue weighted by molar-refractivity contribution is 0.0322. The van der Waals surface area contributed by atoms with Crippen molar-refractivity contribution in [3.8, 4) is 5.75 Å². The number of hydrogen-bond donors (Lipinski definition) is 1. The van der Waals surface area contributed by atoms with Crippen LogP contribution in [0.15, 0.2) is 30.3 Å². The third kappa shape index (κ3) is 6.05. The van der Waals surface area contributed by atoms with Gasteiger partial charge < -0.3 is 14.8 Å². The van der Waals surface area contributed by atoms with Crippen LogP contribution in [0, 0.1) is 13.8 Å². The van der Waals surface area contributed by atoms with E-state index in [2.05, 4.69) is 57.4 Å². The zero-order valence-electron chi connectivity index (χ0n) is 20.3. The molecule has 0 radical (unpaired) electrons. The lowest BCUT2D eigenvalue weighted by Gasteiger charge is -2.32. The number of thiophene rings is 1. The lowest BCUT2D eigenvalue weighted by Crippen LogP contribution is -2.39. The van der Waals surface area contributed by atoms with E-state index in [1.54, 1.807) is 11.3 Å². The zero-order valence-corrected chi connectivity index (χ0v) is 21.1. The fraction of sp³-hybridized carbons (Fsp3) is 0.538. The van der Waals surface area contributed by atoms with Crippen LogP contribution in [-0.4, -0.2) is 78.4 Å². The van der Waals surface area contributed by atoms with E-state index < -0.39 is 0 Å². The highest BCUT2D eigenvalue weighted by molar-refractivity contribution is 7.18. The number of nitrogens with zero attached hydrogens (tertiary/aromatic N) is 4. The maximum Gasteiger partial charge on any atom is 0.138 e. The van der Waals surface area contributed by atoms with Gasteiger partial charge in [-0.05, 0) is 50.5 Å². The van der Waals surface area contributed by atoms with Crippen molar-refractivity contribution in [2.45, 2.75) is 39.3 Å². The predicted molar refractivity (Wildman–Crippen MR) is 138 cm³/mol. The van der Waals surface area contributed by atoms with Crippen LogP contribution in [0.5, 0.6) is 5.75 Å². The van der Waals surface area contributed by atoms with Gasteiger partial charge in [-0.2, -0.15) is 0 Å². The number of aromatic nitrogens is 2. The van der Waals surface area contributed by atoms with Crippen molar-refractivity contribution in [1.29, 1.82) is 0 Å². The lowest BCUT2D eigenvalue weighted by atomic mass is 10.0. The highest BCUT2D eigenvalue weighted by atomic mass is 32.1. The fourth-order valence-electron chi connectivity index (χ4n) is 4.80. The molecular formula is C26H35N5O2S. The summed E-state index contributed by atoms with van der Waals surface area (Å²) in [6.07, 6.45) is 2.23. The number of likely N-dealkylation sites (tertiary alicyclic amines) is 1. The van der Waals surface area contributed by atoms with Gasteiger partial charge in [-0.3, -0.25) is 9.80 Å². The van der Waals surface area contributed by atoms with Gasteiger partial charge >= 0.3 is 0 Å². The Morgan fingerprint density at radius 1 is 1.06 bits per heavy atom. The summed E-state index contributed by atoms with van der Waals surface area (Å²) in [7, 11) is 0. The second-order valence-corrected chi connectivity index (χ2v) is 10.6. The normalized spacial score (nSPS) is 18.4. The van der Waals surface area contributed by atoms with Crippen molar-refractivity contribution < 1.29 is 9.47 Å². The molecule has 2 saturated heterocycles. The molecule has 8 heteroatoms. The number of piperidine rings is 1. The molecule has 0 saturated carbocycles. The van der Waals surface area contributed by atoms with Crippen molar-refractivity contribution in [2.24, 2.45) is 0 Å². The van der Waals surface area contributed by atoms with Crippen molar-refractivity contribution in [2.75, 3.05) is 57.9 Å². The topological polar surface area (TPSA) is 62.8 Å². The molecule has 2 aliphatic heterocycles. The van der Waals surface area contributed by atoms with E-state index in [1.807, 2.05) is 6.92 Å². The van der Waals surface area contributed by atoms with Crippen molar-refractivity contribution in [1.82, 2.24) is 19.8 Å². The Labute approximate surface area is 206 Å². The molecule has 1 N–H and O–H groups in total. The second kappa shape index (κ2) is 11.0. The number of benzene rings is 1. The number of rotatable bonds is 8. The summed E-state index contributed by atoms with van der Waals surface area (Å²) in [5.74, 6) is 2.80. The van der Waals surface area contributed by atoms with Crippen LogP contribution in [0.4, 0.5) is 5.82 Å². The van der Waals surface area contributed by atoms with Gasteiger partial charge in [0, 0.05) is 50.2 Å². The van der Waals surface area contributed by atoms with E-state index in [-0.39, 0.29) is 0 Å². The fourth-order valence-corrected chi connectivity index (χ4v) is 5.72. The summed E-state index contributed by atoms with van der Waals surface area (Å²) < 4.78 is 11.5. The number of fused-ring (bicyclic) bond motifs is 1. The smallest absolute Gasteiger partial charge is 0.138 e. The summed E-state index contributed by atoms with van der Waals surface area (Å²) in [6.45, 7) is 12.6. The first-order chi connectivity index (χ1) is 16.6. The van der Waals surface area contributed by atoms with E-state index in [9.17, 15) is 0 Å². The van der Waals surface area contributed by atoms with E-state index in [0.717, 1.165) is 99.5 Å². The number of aryl methyl sites for hydroxylation is 2. The van der Waals surface area contributed by atoms with E-state index in [0.29, 0.717) is 6.04 Å². The second-order valence-electron chi connectivity index (χ2n) is 9.34. The molecule has 1 aromatic carbocycles. The van der Waals surface area contributed by atoms with Crippen LogP contribution >= 0.6 is 11.3 Å². The highest BCUT2D eigenvalue weighted by Crippen LogP contribution is 2.30. The monoisotopic (exact) mass is 481 g/mol. The quantitative estimate of drug-likeness (QED) is 0.520. The first-order valence-corrected chi connectivity index (χ1v) is 13.2. The molecule has 2 fully saturated rings. The average molecular weight is 482 g/mol. The molecule has 0 unspecified atom stereocenters. The van der Waals surface area contributed by atoms with Crippen LogP contribution in [-0.2, 0) is 11.3 Å². The molecule has 0 aliphatic carbocycles. The molecule has 0 bridgehead atoms. The molecule has 0 amide bonds. The molecule has 4 heterocycles. The minimum absolute atomic E-state index is 0.448. The summed E-state index contributed by atoms with van der Waals surface area (Å²) in [6, 6.07) is 11.2. The summed E-state index contributed by atoms with van der Waals surface area (Å²) in [4.78, 5) is 16.6. The van der Waals surface area contributed by atoms with Crippen LogP contribution in [0.25, 0.3) is 10.2 Å². The van der Waals surface area contributed by atoms with Crippen LogP contribution in [0.1, 0.15) is 29.1 Å². The van der Waals surface area contributed by atoms with Crippen LogP contribution in [0.2, 0.25) is 0 Å². The summed E-state index contributed by atoms with van der Waals surface area (Å²) in [5, 5.41) is 4.87. The molecule has 2 aliphatic rings. The van der Waals surface area contributed by atoms with Gasteiger partial charge in [0.15, 0.2) is 0 Å². The SMILES string of the molecule is Cc1nc(NC2CCN(Cc3cccc(OCCN4CCOCC4)c3)CC2)c2cc(C)sc2n1. The Kier molecular flexibility index (Phi) is 7.59. The van der Waals surface area contributed by atoms with Gasteiger partial charge in [-0.15, -0.1) is 11.3 Å². The summed E-state index contributed by atoms with van der Waals surface area (Å²) in [5.41, 5.74) is 1.32. The number of ether oxygens (including phenoxy) is 2. The molecule has 3 aromatic rings. The van der Waals surface area contributed by atoms with Gasteiger partial charge in [-0.1, -0.05) is 12.1 Å². The minimum atomic E-state index is 0.448. The van der Waals surface area contributed by atoms with Crippen molar-refractivity contribution in [3.05, 3.63) is 46.6 Å². The zero-order chi connectivity index (χ0) is 23.3. The van der Waals surface area contributed by atoms with Gasteiger partial charge in [-0.25, -0.2) is 9.97 Å². The predicted octanol–water partition coefficient (Wildman–Crippen LogP) is 4.10. The molecule has 182 valence electrons. The first-order valence-electron chi connectivity index (χ1n) is 12.4. The Morgan fingerprint density at radius 2 is 1.88 bits per heavy atom. The molecular weight excluding hydrogens is 446 g/mol. The molecule has 34 heavy (non-hydrogen) atoms.